The van der Waals surface area contributed by atoms with E-state index in [1.165, 1.54) is 6.92 Å². The first-order valence-corrected chi connectivity index (χ1v) is 5.41. The van der Waals surface area contributed by atoms with Gasteiger partial charge in [0.05, 0.1) is 6.61 Å². The lowest BCUT2D eigenvalue weighted by Gasteiger charge is -2.07. The number of carbonyl (C=O) groups excluding carboxylic acids is 1. The van der Waals surface area contributed by atoms with Crippen molar-refractivity contribution in [3.8, 4) is 0 Å². The topological polar surface area (TPSA) is 26.3 Å². The minimum atomic E-state index is -2.73. The van der Waals surface area contributed by atoms with Gasteiger partial charge in [-0.2, -0.15) is 8.78 Å². The maximum Gasteiger partial charge on any atom is 0.302 e. The molecule has 0 atom stereocenters. The highest BCUT2D eigenvalue weighted by Gasteiger charge is 2.22. The van der Waals surface area contributed by atoms with E-state index in [9.17, 15) is 13.6 Å². The second-order valence-corrected chi connectivity index (χ2v) is 4.28. The van der Waals surface area contributed by atoms with Crippen molar-refractivity contribution >= 4 is 21.9 Å². The zero-order chi connectivity index (χ0) is 11.0. The number of unbranched alkanes of at least 4 members (excludes halogenated alkanes) is 3. The fourth-order valence-electron chi connectivity index (χ4n) is 0.997. The second kappa shape index (κ2) is 7.15. The first-order chi connectivity index (χ1) is 6.42. The standard InChI is InChI=1S/C9H15BrF2O2/c1-8(13)14-7-5-3-2-4-6-9(10,11)12/h2-7H2,1H3. The number of ether oxygens (including phenoxy) is 1. The molecule has 0 heterocycles. The number of esters is 1. The number of hydrogen-bond donors (Lipinski definition) is 0. The fourth-order valence-corrected chi connectivity index (χ4v) is 1.28. The lowest BCUT2D eigenvalue weighted by Crippen LogP contribution is -2.04. The first-order valence-electron chi connectivity index (χ1n) is 4.62. The highest BCUT2D eigenvalue weighted by atomic mass is 79.9. The van der Waals surface area contributed by atoms with Crippen molar-refractivity contribution in [3.63, 3.8) is 0 Å². The van der Waals surface area contributed by atoms with E-state index < -0.39 is 4.83 Å². The Morgan fingerprint density at radius 1 is 1.29 bits per heavy atom. The van der Waals surface area contributed by atoms with Crippen LogP contribution in [0.1, 0.15) is 39.0 Å². The quantitative estimate of drug-likeness (QED) is 0.403. The summed E-state index contributed by atoms with van der Waals surface area (Å²) in [4.78, 5) is 7.60. The van der Waals surface area contributed by atoms with Crippen LogP contribution in [0, 0.1) is 0 Å². The highest BCUT2D eigenvalue weighted by Crippen LogP contribution is 2.28. The second-order valence-electron chi connectivity index (χ2n) is 3.12. The van der Waals surface area contributed by atoms with Crippen LogP contribution in [0.15, 0.2) is 0 Å². The third-order valence-electron chi connectivity index (χ3n) is 1.66. The average Bonchev–Trinajstić information content (AvgIpc) is 2.00. The van der Waals surface area contributed by atoms with Gasteiger partial charge in [-0.05, 0) is 28.8 Å². The summed E-state index contributed by atoms with van der Waals surface area (Å²) in [5.74, 6) is -0.294. The van der Waals surface area contributed by atoms with Crippen molar-refractivity contribution in [2.24, 2.45) is 0 Å². The van der Waals surface area contributed by atoms with Gasteiger partial charge in [-0.3, -0.25) is 4.79 Å². The van der Waals surface area contributed by atoms with Gasteiger partial charge in [-0.15, -0.1) is 0 Å². The molecule has 2 nitrogen and oxygen atoms in total. The lowest BCUT2D eigenvalue weighted by atomic mass is 10.1. The molecule has 0 saturated carbocycles. The predicted molar refractivity (Wildman–Crippen MR) is 53.6 cm³/mol. The van der Waals surface area contributed by atoms with Crippen molar-refractivity contribution in [3.05, 3.63) is 0 Å². The fraction of sp³-hybridized carbons (Fsp3) is 0.889. The van der Waals surface area contributed by atoms with Crippen LogP contribution in [-0.2, 0) is 9.53 Å². The molecule has 0 aromatic rings. The Morgan fingerprint density at radius 2 is 1.86 bits per heavy atom. The van der Waals surface area contributed by atoms with Gasteiger partial charge >= 0.3 is 10.8 Å². The Bertz CT molecular complexity index is 169. The number of carbonyl (C=O) groups is 1. The Morgan fingerprint density at radius 3 is 2.36 bits per heavy atom. The summed E-state index contributed by atoms with van der Waals surface area (Å²) >= 11 is 2.28. The van der Waals surface area contributed by atoms with E-state index in [1.807, 2.05) is 0 Å². The van der Waals surface area contributed by atoms with Crippen LogP contribution in [0.2, 0.25) is 0 Å². The van der Waals surface area contributed by atoms with Crippen molar-refractivity contribution in [1.29, 1.82) is 0 Å². The molecular weight excluding hydrogens is 258 g/mol. The van der Waals surface area contributed by atoms with Crippen LogP contribution < -0.4 is 0 Å². The van der Waals surface area contributed by atoms with E-state index in [0.29, 0.717) is 13.0 Å². The van der Waals surface area contributed by atoms with Gasteiger partial charge in [-0.1, -0.05) is 12.8 Å². The van der Waals surface area contributed by atoms with Gasteiger partial charge in [0.25, 0.3) is 0 Å². The summed E-state index contributed by atoms with van der Waals surface area (Å²) < 4.78 is 29.2. The number of halogens is 3. The molecule has 84 valence electrons. The lowest BCUT2D eigenvalue weighted by molar-refractivity contribution is -0.141. The molecule has 0 aromatic carbocycles. The third-order valence-corrected chi connectivity index (χ3v) is 2.06. The maximum absolute atomic E-state index is 12.3. The molecule has 0 amide bonds. The molecule has 0 saturated heterocycles. The van der Waals surface area contributed by atoms with E-state index in [2.05, 4.69) is 15.9 Å². The molecule has 0 aliphatic rings. The van der Waals surface area contributed by atoms with Crippen LogP contribution in [0.3, 0.4) is 0 Å². The largest absolute Gasteiger partial charge is 0.466 e. The first kappa shape index (κ1) is 13.8. The van der Waals surface area contributed by atoms with Crippen molar-refractivity contribution in [1.82, 2.24) is 0 Å². The SMILES string of the molecule is CC(=O)OCCCCCCC(F)(F)Br. The Hall–Kier alpha value is -0.190. The molecule has 5 heteroatoms. The van der Waals surface area contributed by atoms with Crippen molar-refractivity contribution in [2.45, 2.75) is 43.9 Å². The number of rotatable bonds is 7. The van der Waals surface area contributed by atoms with Crippen LogP contribution in [0.5, 0.6) is 0 Å². The van der Waals surface area contributed by atoms with Crippen LogP contribution in [0.4, 0.5) is 8.78 Å². The Labute approximate surface area is 91.1 Å². The Balaban J connectivity index is 3.11. The predicted octanol–water partition coefficient (Wildman–Crippen LogP) is 3.49. The average molecular weight is 273 g/mol. The maximum atomic E-state index is 12.3. The molecular formula is C9H15BrF2O2. The number of alkyl halides is 3. The highest BCUT2D eigenvalue weighted by molar-refractivity contribution is 9.09. The molecule has 0 radical (unpaired) electrons. The molecule has 0 aliphatic heterocycles. The molecule has 0 aliphatic carbocycles. The van der Waals surface area contributed by atoms with E-state index >= 15 is 0 Å². The van der Waals surface area contributed by atoms with E-state index in [0.717, 1.165) is 19.3 Å². The smallest absolute Gasteiger partial charge is 0.302 e. The molecule has 0 bridgehead atoms. The van der Waals surface area contributed by atoms with E-state index in [1.54, 1.807) is 0 Å². The van der Waals surface area contributed by atoms with Crippen molar-refractivity contribution < 1.29 is 18.3 Å². The molecule has 0 spiro atoms. The molecule has 0 aromatic heterocycles. The monoisotopic (exact) mass is 272 g/mol. The summed E-state index contributed by atoms with van der Waals surface area (Å²) in [5.41, 5.74) is 0. The molecule has 0 unspecified atom stereocenters. The third kappa shape index (κ3) is 11.8. The molecule has 0 rings (SSSR count). The van der Waals surface area contributed by atoms with Crippen LogP contribution in [0.25, 0.3) is 0 Å². The van der Waals surface area contributed by atoms with Crippen LogP contribution >= 0.6 is 15.9 Å². The van der Waals surface area contributed by atoms with Gasteiger partial charge in [0, 0.05) is 13.3 Å². The van der Waals surface area contributed by atoms with Gasteiger partial charge in [0.1, 0.15) is 0 Å². The summed E-state index contributed by atoms with van der Waals surface area (Å²) in [7, 11) is 0. The summed E-state index contributed by atoms with van der Waals surface area (Å²) in [6.07, 6.45) is 2.64. The van der Waals surface area contributed by atoms with Crippen LogP contribution in [-0.4, -0.2) is 17.4 Å². The number of hydrogen-bond acceptors (Lipinski definition) is 2. The summed E-state index contributed by atoms with van der Waals surface area (Å²) in [6, 6.07) is 0. The molecule has 0 N–H and O–H groups in total. The van der Waals surface area contributed by atoms with Gasteiger partial charge in [-0.25, -0.2) is 0 Å². The molecule has 0 fully saturated rings. The summed E-state index contributed by atoms with van der Waals surface area (Å²) in [5, 5.41) is 0. The zero-order valence-corrected chi connectivity index (χ0v) is 9.78. The van der Waals surface area contributed by atoms with Crippen molar-refractivity contribution in [2.75, 3.05) is 6.61 Å². The molecule has 14 heavy (non-hydrogen) atoms. The zero-order valence-electron chi connectivity index (χ0n) is 8.19. The van der Waals surface area contributed by atoms with E-state index in [4.69, 9.17) is 4.74 Å². The normalized spacial score (nSPS) is 11.4. The van der Waals surface area contributed by atoms with Gasteiger partial charge in [0.15, 0.2) is 0 Å². The van der Waals surface area contributed by atoms with E-state index in [-0.39, 0.29) is 12.4 Å². The van der Waals surface area contributed by atoms with Gasteiger partial charge in [0.2, 0.25) is 0 Å². The Kier molecular flexibility index (Phi) is 7.05. The summed E-state index contributed by atoms with van der Waals surface area (Å²) in [6.45, 7) is 1.74. The minimum Gasteiger partial charge on any atom is -0.466 e. The van der Waals surface area contributed by atoms with Gasteiger partial charge < -0.3 is 4.74 Å². The minimum absolute atomic E-state index is 0.138.